The molecule has 5 nitrogen and oxygen atoms in total. The first-order valence-corrected chi connectivity index (χ1v) is 5.20. The number of aromatic amines is 1. The zero-order chi connectivity index (χ0) is 12.3. The van der Waals surface area contributed by atoms with Gasteiger partial charge in [0.1, 0.15) is 6.04 Å². The Morgan fingerprint density at radius 2 is 2.24 bits per heavy atom. The van der Waals surface area contributed by atoms with Crippen molar-refractivity contribution in [1.82, 2.24) is 10.3 Å². The number of hydrogen-bond donors (Lipinski definition) is 2. The molecule has 5 heteroatoms. The summed E-state index contributed by atoms with van der Waals surface area (Å²) in [5.74, 6) is -0.0352. The van der Waals surface area contributed by atoms with Crippen LogP contribution < -0.4 is 10.1 Å². The van der Waals surface area contributed by atoms with Crippen molar-refractivity contribution in [2.45, 2.75) is 13.0 Å². The van der Waals surface area contributed by atoms with Crippen molar-refractivity contribution in [2.24, 2.45) is 0 Å². The van der Waals surface area contributed by atoms with Crippen molar-refractivity contribution < 1.29 is 14.3 Å². The molecule has 0 saturated carbocycles. The van der Waals surface area contributed by atoms with Crippen LogP contribution in [0.5, 0.6) is 5.75 Å². The van der Waals surface area contributed by atoms with Crippen LogP contribution in [-0.2, 0) is 9.59 Å². The smallest absolute Gasteiger partial charge is 0.333 e. The lowest BCUT2D eigenvalue weighted by molar-refractivity contribution is -0.137. The van der Waals surface area contributed by atoms with E-state index in [9.17, 15) is 9.59 Å². The van der Waals surface area contributed by atoms with Crippen LogP contribution in [0.25, 0.3) is 10.9 Å². The fraction of sp³-hybridized carbons (Fsp3) is 0.167. The highest BCUT2D eigenvalue weighted by atomic mass is 16.5. The Morgan fingerprint density at radius 3 is 3.00 bits per heavy atom. The van der Waals surface area contributed by atoms with Gasteiger partial charge in [0, 0.05) is 17.1 Å². The molecule has 1 aromatic carbocycles. The molecule has 0 spiro atoms. The minimum atomic E-state index is -0.666. The third-order valence-electron chi connectivity index (χ3n) is 2.43. The molecule has 1 amide bonds. The number of benzene rings is 1. The van der Waals surface area contributed by atoms with Gasteiger partial charge in [0.15, 0.2) is 5.75 Å². The lowest BCUT2D eigenvalue weighted by atomic mass is 10.2. The molecule has 17 heavy (non-hydrogen) atoms. The van der Waals surface area contributed by atoms with Gasteiger partial charge in [-0.2, -0.15) is 0 Å². The molecule has 1 heterocycles. The third-order valence-corrected chi connectivity index (χ3v) is 2.43. The average Bonchev–Trinajstić information content (AvgIpc) is 2.73. The van der Waals surface area contributed by atoms with Crippen LogP contribution in [0.15, 0.2) is 30.5 Å². The highest BCUT2D eigenvalue weighted by Gasteiger charge is 2.15. The number of carbonyl (C=O) groups excluding carboxylic acids is 2. The molecule has 2 aromatic rings. The number of amides is 1. The number of rotatable bonds is 4. The molecule has 0 bridgehead atoms. The quantitative estimate of drug-likeness (QED) is 0.614. The van der Waals surface area contributed by atoms with Crippen LogP contribution in [0.2, 0.25) is 0 Å². The summed E-state index contributed by atoms with van der Waals surface area (Å²) in [6, 6.07) is 6.83. The Morgan fingerprint density at radius 1 is 1.47 bits per heavy atom. The molecule has 0 aliphatic rings. The van der Waals surface area contributed by atoms with Gasteiger partial charge in [-0.3, -0.25) is 4.79 Å². The Hall–Kier alpha value is -2.30. The number of aromatic nitrogens is 1. The number of esters is 1. The van der Waals surface area contributed by atoms with E-state index >= 15 is 0 Å². The first kappa shape index (κ1) is 11.2. The summed E-state index contributed by atoms with van der Waals surface area (Å²) in [4.78, 5) is 24.8. The maximum Gasteiger partial charge on any atom is 0.333 e. The number of ether oxygens (including phenoxy) is 1. The van der Waals surface area contributed by atoms with Gasteiger partial charge in [-0.25, -0.2) is 4.79 Å². The van der Waals surface area contributed by atoms with Crippen LogP contribution in [0, 0.1) is 0 Å². The summed E-state index contributed by atoms with van der Waals surface area (Å²) in [6.45, 7) is 1.56. The van der Waals surface area contributed by atoms with Crippen molar-refractivity contribution in [3.8, 4) is 5.75 Å². The van der Waals surface area contributed by atoms with E-state index in [0.717, 1.165) is 10.9 Å². The van der Waals surface area contributed by atoms with E-state index in [1.165, 1.54) is 0 Å². The maximum absolute atomic E-state index is 11.6. The molecule has 2 rings (SSSR count). The molecule has 0 unspecified atom stereocenters. The van der Waals surface area contributed by atoms with Crippen LogP contribution in [-0.4, -0.2) is 23.4 Å². The first-order valence-electron chi connectivity index (χ1n) is 5.20. The molecule has 0 radical (unpaired) electrons. The Labute approximate surface area is 97.8 Å². The van der Waals surface area contributed by atoms with Crippen LogP contribution in [0.3, 0.4) is 0 Å². The van der Waals surface area contributed by atoms with E-state index < -0.39 is 12.0 Å². The summed E-state index contributed by atoms with van der Waals surface area (Å²) in [5.41, 5.74) is 0.895. The van der Waals surface area contributed by atoms with Crippen LogP contribution in [0.4, 0.5) is 0 Å². The molecular weight excluding hydrogens is 220 g/mol. The lowest BCUT2D eigenvalue weighted by Crippen LogP contribution is -2.35. The van der Waals surface area contributed by atoms with Gasteiger partial charge in [-0.15, -0.1) is 0 Å². The second-order valence-corrected chi connectivity index (χ2v) is 3.63. The summed E-state index contributed by atoms with van der Waals surface area (Å²) < 4.78 is 5.19. The van der Waals surface area contributed by atoms with Crippen LogP contribution in [0.1, 0.15) is 6.92 Å². The van der Waals surface area contributed by atoms with E-state index in [4.69, 9.17) is 4.74 Å². The fourth-order valence-corrected chi connectivity index (χ4v) is 1.50. The minimum absolute atomic E-state index is 0.463. The predicted molar refractivity (Wildman–Crippen MR) is 62.6 cm³/mol. The zero-order valence-electron chi connectivity index (χ0n) is 9.27. The molecule has 1 atom stereocenters. The van der Waals surface area contributed by atoms with Crippen molar-refractivity contribution in [2.75, 3.05) is 0 Å². The summed E-state index contributed by atoms with van der Waals surface area (Å²) in [7, 11) is 0. The lowest BCUT2D eigenvalue weighted by Gasteiger charge is -2.08. The molecule has 2 N–H and O–H groups in total. The Kier molecular flexibility index (Phi) is 3.09. The monoisotopic (exact) mass is 232 g/mol. The normalized spacial score (nSPS) is 12.1. The number of carbonyl (C=O) groups is 2. The van der Waals surface area contributed by atoms with Crippen molar-refractivity contribution in [3.05, 3.63) is 30.5 Å². The summed E-state index contributed by atoms with van der Waals surface area (Å²) in [6.07, 6.45) is 2.09. The van der Waals surface area contributed by atoms with Gasteiger partial charge in [-0.05, 0) is 19.1 Å². The van der Waals surface area contributed by atoms with Gasteiger partial charge in [0.2, 0.25) is 6.41 Å². The molecular formula is C12H12N2O3. The van der Waals surface area contributed by atoms with E-state index in [1.807, 2.05) is 24.3 Å². The van der Waals surface area contributed by atoms with Crippen molar-refractivity contribution >= 4 is 23.3 Å². The van der Waals surface area contributed by atoms with Gasteiger partial charge in [0.25, 0.3) is 0 Å². The maximum atomic E-state index is 11.6. The zero-order valence-corrected chi connectivity index (χ0v) is 9.27. The molecule has 0 aliphatic carbocycles. The largest absolute Gasteiger partial charge is 0.423 e. The van der Waals surface area contributed by atoms with Gasteiger partial charge in [-0.1, -0.05) is 12.1 Å². The van der Waals surface area contributed by atoms with E-state index in [2.05, 4.69) is 10.3 Å². The summed E-state index contributed by atoms with van der Waals surface area (Å²) in [5, 5.41) is 3.17. The second kappa shape index (κ2) is 4.69. The summed E-state index contributed by atoms with van der Waals surface area (Å²) >= 11 is 0. The number of para-hydroxylation sites is 1. The topological polar surface area (TPSA) is 71.2 Å². The van der Waals surface area contributed by atoms with E-state index in [-0.39, 0.29) is 0 Å². The van der Waals surface area contributed by atoms with Gasteiger partial charge < -0.3 is 15.0 Å². The minimum Gasteiger partial charge on any atom is -0.423 e. The first-order chi connectivity index (χ1) is 8.22. The molecule has 0 fully saturated rings. The third kappa shape index (κ3) is 2.28. The Balaban J connectivity index is 2.18. The average molecular weight is 232 g/mol. The second-order valence-electron chi connectivity index (χ2n) is 3.63. The number of hydrogen-bond acceptors (Lipinski definition) is 3. The van der Waals surface area contributed by atoms with Crippen molar-refractivity contribution in [3.63, 3.8) is 0 Å². The molecule has 88 valence electrons. The molecule has 1 aromatic heterocycles. The number of nitrogens with one attached hydrogen (secondary N) is 2. The molecule has 0 aliphatic heterocycles. The van der Waals surface area contributed by atoms with E-state index in [1.54, 1.807) is 13.1 Å². The highest BCUT2D eigenvalue weighted by Crippen LogP contribution is 2.24. The standard InChI is InChI=1S/C12H12N2O3/c1-8(14-7-15)12(16)17-11-6-13-10-5-3-2-4-9(10)11/h2-8,13H,1H3,(H,14,15)/t8-/m0/s1. The van der Waals surface area contributed by atoms with Gasteiger partial charge >= 0.3 is 5.97 Å². The predicted octanol–water partition coefficient (Wildman–Crippen LogP) is 1.21. The van der Waals surface area contributed by atoms with Gasteiger partial charge in [0.05, 0.1) is 0 Å². The Bertz CT molecular complexity index is 547. The van der Waals surface area contributed by atoms with Crippen molar-refractivity contribution in [1.29, 1.82) is 0 Å². The highest BCUT2D eigenvalue weighted by molar-refractivity contribution is 5.89. The van der Waals surface area contributed by atoms with E-state index in [0.29, 0.717) is 12.2 Å². The fourth-order valence-electron chi connectivity index (χ4n) is 1.50. The SMILES string of the molecule is C[C@H](NC=O)C(=O)Oc1c[nH]c2ccccc12. The number of fused-ring (bicyclic) bond motifs is 1. The molecule has 0 saturated heterocycles. The van der Waals surface area contributed by atoms with Crippen LogP contribution >= 0.6 is 0 Å². The number of H-pyrrole nitrogens is 1.